The van der Waals surface area contributed by atoms with Gasteiger partial charge in [-0.1, -0.05) is 25.9 Å². The Hall–Kier alpha value is -1.47. The zero-order valence-corrected chi connectivity index (χ0v) is 12.3. The molecule has 0 saturated carbocycles. The highest BCUT2D eigenvalue weighted by molar-refractivity contribution is 7.13. The molecule has 7 heteroatoms. The Bertz CT molecular complexity index is 544. The van der Waals surface area contributed by atoms with Crippen LogP contribution in [0.15, 0.2) is 9.90 Å². The van der Waals surface area contributed by atoms with Gasteiger partial charge in [0.15, 0.2) is 5.13 Å². The molecule has 0 aromatic carbocycles. The lowest BCUT2D eigenvalue weighted by Crippen LogP contribution is -2.22. The van der Waals surface area contributed by atoms with Gasteiger partial charge in [0.25, 0.3) is 5.89 Å². The number of nitrogens with zero attached hydrogens (tertiary/aromatic N) is 3. The third-order valence-corrected chi connectivity index (χ3v) is 3.21. The van der Waals surface area contributed by atoms with E-state index < -0.39 is 0 Å². The summed E-state index contributed by atoms with van der Waals surface area (Å²) < 4.78 is 11.0. The third-order valence-electron chi connectivity index (χ3n) is 2.54. The maximum atomic E-state index is 5.72. The van der Waals surface area contributed by atoms with Crippen LogP contribution < -0.4 is 5.73 Å². The van der Waals surface area contributed by atoms with Crippen molar-refractivity contribution < 1.29 is 9.26 Å². The van der Waals surface area contributed by atoms with Gasteiger partial charge in [-0.05, 0) is 12.3 Å². The normalized spacial score (nSPS) is 13.7. The second kappa shape index (κ2) is 5.26. The van der Waals surface area contributed by atoms with Crippen molar-refractivity contribution in [1.29, 1.82) is 0 Å². The van der Waals surface area contributed by atoms with Crippen LogP contribution >= 0.6 is 11.3 Å². The highest BCUT2D eigenvalue weighted by Crippen LogP contribution is 2.35. The van der Waals surface area contributed by atoms with Gasteiger partial charge < -0.3 is 15.0 Å². The standard InChI is InChI=1S/C12H18N4O2S/c1-5-17-8(12(2,3)4)9-15-10(18-16-9)7-6-19-11(13)14-7/h6,8H,5H2,1-4H3,(H2,13,14). The second-order valence-electron chi connectivity index (χ2n) is 5.23. The summed E-state index contributed by atoms with van der Waals surface area (Å²) in [6, 6.07) is 0. The van der Waals surface area contributed by atoms with Crippen LogP contribution in [0.2, 0.25) is 0 Å². The molecule has 19 heavy (non-hydrogen) atoms. The number of thiazole rings is 1. The number of anilines is 1. The topological polar surface area (TPSA) is 87.1 Å². The van der Waals surface area contributed by atoms with E-state index in [2.05, 4.69) is 35.9 Å². The van der Waals surface area contributed by atoms with Gasteiger partial charge in [-0.25, -0.2) is 4.98 Å². The Morgan fingerprint density at radius 3 is 2.68 bits per heavy atom. The molecule has 2 aromatic rings. The van der Waals surface area contributed by atoms with Crippen LogP contribution in [0.4, 0.5) is 5.13 Å². The maximum absolute atomic E-state index is 5.72. The van der Waals surface area contributed by atoms with Crippen LogP contribution in [0.1, 0.15) is 39.6 Å². The maximum Gasteiger partial charge on any atom is 0.277 e. The molecule has 1 unspecified atom stereocenters. The number of ether oxygens (including phenoxy) is 1. The van der Waals surface area contributed by atoms with E-state index in [4.69, 9.17) is 15.0 Å². The van der Waals surface area contributed by atoms with Crippen LogP contribution in [0.3, 0.4) is 0 Å². The fourth-order valence-electron chi connectivity index (χ4n) is 1.71. The quantitative estimate of drug-likeness (QED) is 0.927. The van der Waals surface area contributed by atoms with E-state index in [9.17, 15) is 0 Å². The fraction of sp³-hybridized carbons (Fsp3) is 0.583. The Labute approximate surface area is 116 Å². The van der Waals surface area contributed by atoms with Crippen LogP contribution in [-0.2, 0) is 4.74 Å². The molecule has 6 nitrogen and oxygen atoms in total. The summed E-state index contributed by atoms with van der Waals surface area (Å²) in [6.45, 7) is 8.76. The van der Waals surface area contributed by atoms with Gasteiger partial charge in [-0.3, -0.25) is 0 Å². The lowest BCUT2D eigenvalue weighted by atomic mass is 9.88. The van der Waals surface area contributed by atoms with Crippen LogP contribution in [-0.4, -0.2) is 21.7 Å². The lowest BCUT2D eigenvalue weighted by Gasteiger charge is -2.27. The lowest BCUT2D eigenvalue weighted by molar-refractivity contribution is -0.0203. The molecule has 0 aliphatic heterocycles. The minimum absolute atomic E-state index is 0.113. The number of nitrogen functional groups attached to an aromatic ring is 1. The summed E-state index contributed by atoms with van der Waals surface area (Å²) in [7, 11) is 0. The van der Waals surface area contributed by atoms with Crippen molar-refractivity contribution in [1.82, 2.24) is 15.1 Å². The zero-order valence-electron chi connectivity index (χ0n) is 11.5. The van der Waals surface area contributed by atoms with Gasteiger partial charge in [0.2, 0.25) is 5.82 Å². The largest absolute Gasteiger partial charge is 0.375 e. The molecule has 104 valence electrons. The summed E-state index contributed by atoms with van der Waals surface area (Å²) in [5.41, 5.74) is 6.08. The van der Waals surface area contributed by atoms with E-state index in [1.54, 1.807) is 5.38 Å². The van der Waals surface area contributed by atoms with E-state index in [1.807, 2.05) is 6.92 Å². The smallest absolute Gasteiger partial charge is 0.277 e. The first-order chi connectivity index (χ1) is 8.91. The Kier molecular flexibility index (Phi) is 3.86. The molecular weight excluding hydrogens is 264 g/mol. The van der Waals surface area contributed by atoms with Gasteiger partial charge in [0.05, 0.1) is 0 Å². The van der Waals surface area contributed by atoms with Crippen molar-refractivity contribution in [2.24, 2.45) is 5.41 Å². The van der Waals surface area contributed by atoms with Gasteiger partial charge >= 0.3 is 0 Å². The number of rotatable bonds is 4. The molecule has 2 rings (SSSR count). The molecular formula is C12H18N4O2S. The molecule has 0 aliphatic carbocycles. The molecule has 0 spiro atoms. The Morgan fingerprint density at radius 2 is 2.16 bits per heavy atom. The number of hydrogen-bond donors (Lipinski definition) is 1. The highest BCUT2D eigenvalue weighted by Gasteiger charge is 2.31. The zero-order chi connectivity index (χ0) is 14.0. The summed E-state index contributed by atoms with van der Waals surface area (Å²) in [6.07, 6.45) is -0.217. The SMILES string of the molecule is CCOC(c1noc(-c2csc(N)n2)n1)C(C)(C)C. The predicted octanol–water partition coefficient (Wildman–Crippen LogP) is 2.90. The van der Waals surface area contributed by atoms with Gasteiger partial charge in [0.1, 0.15) is 11.8 Å². The summed E-state index contributed by atoms with van der Waals surface area (Å²) in [4.78, 5) is 8.49. The van der Waals surface area contributed by atoms with Crippen LogP contribution in [0, 0.1) is 5.41 Å². The third kappa shape index (κ3) is 3.10. The average Bonchev–Trinajstić information content (AvgIpc) is 2.92. The molecule has 0 saturated heterocycles. The first kappa shape index (κ1) is 14.0. The van der Waals surface area contributed by atoms with Gasteiger partial charge in [-0.15, -0.1) is 11.3 Å². The molecule has 2 N–H and O–H groups in total. The minimum Gasteiger partial charge on any atom is -0.375 e. The predicted molar refractivity (Wildman–Crippen MR) is 73.6 cm³/mol. The molecule has 2 heterocycles. The van der Waals surface area contributed by atoms with Crippen molar-refractivity contribution in [3.8, 4) is 11.6 Å². The molecule has 0 fully saturated rings. The molecule has 0 amide bonds. The highest BCUT2D eigenvalue weighted by atomic mass is 32.1. The van der Waals surface area contributed by atoms with Crippen molar-refractivity contribution in [3.63, 3.8) is 0 Å². The monoisotopic (exact) mass is 282 g/mol. The van der Waals surface area contributed by atoms with Crippen LogP contribution in [0.5, 0.6) is 0 Å². The van der Waals surface area contributed by atoms with Crippen LogP contribution in [0.25, 0.3) is 11.6 Å². The fourth-order valence-corrected chi connectivity index (χ4v) is 2.25. The summed E-state index contributed by atoms with van der Waals surface area (Å²) in [5.74, 6) is 0.910. The van der Waals surface area contributed by atoms with Crippen molar-refractivity contribution in [3.05, 3.63) is 11.2 Å². The van der Waals surface area contributed by atoms with Gasteiger partial charge in [0, 0.05) is 12.0 Å². The first-order valence-electron chi connectivity index (χ1n) is 6.08. The molecule has 0 radical (unpaired) electrons. The Morgan fingerprint density at radius 1 is 1.42 bits per heavy atom. The molecule has 0 bridgehead atoms. The van der Waals surface area contributed by atoms with E-state index >= 15 is 0 Å². The summed E-state index contributed by atoms with van der Waals surface area (Å²) in [5, 5.41) is 6.27. The molecule has 2 aromatic heterocycles. The summed E-state index contributed by atoms with van der Waals surface area (Å²) >= 11 is 1.34. The van der Waals surface area contributed by atoms with E-state index in [0.717, 1.165) is 0 Å². The van der Waals surface area contributed by atoms with Crippen molar-refractivity contribution >= 4 is 16.5 Å². The van der Waals surface area contributed by atoms with E-state index in [1.165, 1.54) is 11.3 Å². The number of hydrogen-bond acceptors (Lipinski definition) is 7. The van der Waals surface area contributed by atoms with E-state index in [0.29, 0.717) is 29.1 Å². The van der Waals surface area contributed by atoms with E-state index in [-0.39, 0.29) is 11.5 Å². The molecule has 0 aliphatic rings. The Balaban J connectivity index is 2.28. The minimum atomic E-state index is -0.217. The first-order valence-corrected chi connectivity index (χ1v) is 6.96. The van der Waals surface area contributed by atoms with Crippen molar-refractivity contribution in [2.75, 3.05) is 12.3 Å². The molecule has 1 atom stereocenters. The van der Waals surface area contributed by atoms with Gasteiger partial charge in [-0.2, -0.15) is 4.98 Å². The second-order valence-corrected chi connectivity index (χ2v) is 6.12. The number of nitrogens with two attached hydrogens (primary N) is 1. The number of aromatic nitrogens is 3. The van der Waals surface area contributed by atoms with Crippen molar-refractivity contribution in [2.45, 2.75) is 33.8 Å². The average molecular weight is 282 g/mol.